The summed E-state index contributed by atoms with van der Waals surface area (Å²) < 4.78 is 5.02. The number of hydrogen-bond acceptors (Lipinski definition) is 4. The zero-order chi connectivity index (χ0) is 19.4. The predicted molar refractivity (Wildman–Crippen MR) is 103 cm³/mol. The SMILES string of the molecule is CC(=O)OCC(=O)[C@H]1CC[C@@H]2[C@@H]3CC=C4C[C@@H](O)CC[C@]4(C)[C@H]3CC[C@]12C. The minimum Gasteiger partial charge on any atom is -0.458 e. The van der Waals surface area contributed by atoms with E-state index in [1.165, 1.54) is 18.9 Å². The van der Waals surface area contributed by atoms with E-state index in [0.29, 0.717) is 17.8 Å². The first-order valence-electron chi connectivity index (χ1n) is 10.8. The summed E-state index contributed by atoms with van der Waals surface area (Å²) in [5.41, 5.74) is 1.78. The molecule has 0 amide bonds. The van der Waals surface area contributed by atoms with Crippen molar-refractivity contribution in [3.05, 3.63) is 11.6 Å². The summed E-state index contributed by atoms with van der Waals surface area (Å²) in [5, 5.41) is 10.1. The molecule has 0 aromatic rings. The molecule has 7 atom stereocenters. The van der Waals surface area contributed by atoms with Gasteiger partial charge in [0.1, 0.15) is 6.61 Å². The molecule has 0 bridgehead atoms. The Hall–Kier alpha value is -1.16. The average molecular weight is 375 g/mol. The lowest BCUT2D eigenvalue weighted by molar-refractivity contribution is -0.149. The van der Waals surface area contributed by atoms with Crippen LogP contribution in [0.1, 0.15) is 72.1 Å². The third-order valence-electron chi connectivity index (χ3n) is 8.88. The van der Waals surface area contributed by atoms with Crippen LogP contribution in [0.5, 0.6) is 0 Å². The number of fused-ring (bicyclic) bond motifs is 5. The van der Waals surface area contributed by atoms with Gasteiger partial charge in [-0.15, -0.1) is 0 Å². The zero-order valence-corrected chi connectivity index (χ0v) is 17.0. The number of ether oxygens (including phenoxy) is 1. The molecule has 150 valence electrons. The van der Waals surface area contributed by atoms with Gasteiger partial charge in [0.25, 0.3) is 0 Å². The molecular weight excluding hydrogens is 340 g/mol. The smallest absolute Gasteiger partial charge is 0.303 e. The fraction of sp³-hybridized carbons (Fsp3) is 0.826. The van der Waals surface area contributed by atoms with Crippen molar-refractivity contribution in [1.82, 2.24) is 0 Å². The molecule has 0 unspecified atom stereocenters. The van der Waals surface area contributed by atoms with Crippen LogP contribution in [0, 0.1) is 34.5 Å². The molecule has 1 N–H and O–H groups in total. The van der Waals surface area contributed by atoms with Gasteiger partial charge in [0.05, 0.1) is 6.10 Å². The molecule has 0 heterocycles. The van der Waals surface area contributed by atoms with Crippen molar-refractivity contribution in [2.75, 3.05) is 6.61 Å². The highest BCUT2D eigenvalue weighted by Crippen LogP contribution is 2.66. The van der Waals surface area contributed by atoms with Crippen molar-refractivity contribution < 1.29 is 19.4 Å². The highest BCUT2D eigenvalue weighted by molar-refractivity contribution is 5.85. The van der Waals surface area contributed by atoms with Crippen LogP contribution in [-0.2, 0) is 14.3 Å². The largest absolute Gasteiger partial charge is 0.458 e. The van der Waals surface area contributed by atoms with Crippen molar-refractivity contribution in [2.45, 2.75) is 78.2 Å². The molecule has 0 aromatic carbocycles. The van der Waals surface area contributed by atoms with E-state index in [1.807, 2.05) is 0 Å². The van der Waals surface area contributed by atoms with Gasteiger partial charge in [-0.1, -0.05) is 25.5 Å². The molecule has 3 saturated carbocycles. The molecular formula is C23H34O4. The summed E-state index contributed by atoms with van der Waals surface area (Å²) in [4.78, 5) is 23.9. The Morgan fingerprint density at radius 1 is 1.15 bits per heavy atom. The van der Waals surface area contributed by atoms with E-state index < -0.39 is 0 Å². The molecule has 4 aliphatic carbocycles. The number of ketones is 1. The van der Waals surface area contributed by atoms with Crippen molar-refractivity contribution in [2.24, 2.45) is 34.5 Å². The van der Waals surface area contributed by atoms with E-state index >= 15 is 0 Å². The second-order valence-corrected chi connectivity index (χ2v) is 10.1. The quantitative estimate of drug-likeness (QED) is 0.598. The minimum absolute atomic E-state index is 0.0363. The number of aliphatic hydroxyl groups is 1. The van der Waals surface area contributed by atoms with Gasteiger partial charge in [-0.2, -0.15) is 0 Å². The second kappa shape index (κ2) is 6.72. The molecule has 0 radical (unpaired) electrons. The highest BCUT2D eigenvalue weighted by atomic mass is 16.5. The van der Waals surface area contributed by atoms with Crippen LogP contribution in [0.4, 0.5) is 0 Å². The van der Waals surface area contributed by atoms with Crippen LogP contribution in [0.25, 0.3) is 0 Å². The summed E-state index contributed by atoms with van der Waals surface area (Å²) in [7, 11) is 0. The minimum atomic E-state index is -0.371. The fourth-order valence-corrected chi connectivity index (χ4v) is 7.44. The number of allylic oxidation sites excluding steroid dienone is 1. The number of carbonyl (C=O) groups is 2. The number of rotatable bonds is 3. The molecule has 4 heteroatoms. The van der Waals surface area contributed by atoms with Crippen molar-refractivity contribution in [3.63, 3.8) is 0 Å². The topological polar surface area (TPSA) is 63.6 Å². The number of aliphatic hydroxyl groups excluding tert-OH is 1. The Bertz CT molecular complexity index is 667. The summed E-state index contributed by atoms with van der Waals surface area (Å²) >= 11 is 0. The maximum Gasteiger partial charge on any atom is 0.303 e. The first kappa shape index (κ1) is 19.2. The molecule has 4 nitrogen and oxygen atoms in total. The fourth-order valence-electron chi connectivity index (χ4n) is 7.44. The van der Waals surface area contributed by atoms with E-state index in [4.69, 9.17) is 4.74 Å². The maximum absolute atomic E-state index is 12.8. The van der Waals surface area contributed by atoms with Crippen molar-refractivity contribution >= 4 is 11.8 Å². The van der Waals surface area contributed by atoms with Crippen LogP contribution in [0.15, 0.2) is 11.6 Å². The zero-order valence-electron chi connectivity index (χ0n) is 17.0. The van der Waals surface area contributed by atoms with E-state index in [1.54, 1.807) is 0 Å². The Morgan fingerprint density at radius 3 is 2.67 bits per heavy atom. The molecule has 4 rings (SSSR count). The number of carbonyl (C=O) groups excluding carboxylic acids is 2. The summed E-state index contributed by atoms with van der Waals surface area (Å²) in [6, 6.07) is 0. The maximum atomic E-state index is 12.8. The van der Waals surface area contributed by atoms with Gasteiger partial charge in [-0.25, -0.2) is 0 Å². The highest BCUT2D eigenvalue weighted by Gasteiger charge is 2.59. The monoisotopic (exact) mass is 374 g/mol. The molecule has 0 aliphatic heterocycles. The molecule has 0 saturated heterocycles. The lowest BCUT2D eigenvalue weighted by atomic mass is 9.47. The Balaban J connectivity index is 1.55. The van der Waals surface area contributed by atoms with Gasteiger partial charge in [0.2, 0.25) is 0 Å². The number of esters is 1. The third kappa shape index (κ3) is 2.99. The van der Waals surface area contributed by atoms with Gasteiger partial charge in [0.15, 0.2) is 5.78 Å². The van der Waals surface area contributed by atoms with E-state index in [2.05, 4.69) is 19.9 Å². The first-order chi connectivity index (χ1) is 12.8. The molecule has 0 spiro atoms. The predicted octanol–water partition coefficient (Wildman–Crippen LogP) is 4.06. The van der Waals surface area contributed by atoms with Gasteiger partial charge in [0, 0.05) is 12.8 Å². The van der Waals surface area contributed by atoms with Gasteiger partial charge in [-0.05, 0) is 80.0 Å². The Labute approximate surface area is 162 Å². The van der Waals surface area contributed by atoms with E-state index in [-0.39, 0.29) is 41.2 Å². The number of hydrogen-bond donors (Lipinski definition) is 1. The Kier molecular flexibility index (Phi) is 4.77. The summed E-state index contributed by atoms with van der Waals surface area (Å²) in [6.45, 7) is 6.06. The van der Waals surface area contributed by atoms with Crippen LogP contribution in [0.2, 0.25) is 0 Å². The van der Waals surface area contributed by atoms with Crippen LogP contribution in [-0.4, -0.2) is 29.6 Å². The summed E-state index contributed by atoms with van der Waals surface area (Å²) in [5.74, 6) is 1.71. The van der Waals surface area contributed by atoms with Crippen LogP contribution >= 0.6 is 0 Å². The van der Waals surface area contributed by atoms with Crippen molar-refractivity contribution in [3.8, 4) is 0 Å². The van der Waals surface area contributed by atoms with E-state index in [9.17, 15) is 14.7 Å². The molecule has 3 fully saturated rings. The van der Waals surface area contributed by atoms with Gasteiger partial charge in [-0.3, -0.25) is 9.59 Å². The van der Waals surface area contributed by atoms with Gasteiger partial charge < -0.3 is 9.84 Å². The molecule has 0 aromatic heterocycles. The summed E-state index contributed by atoms with van der Waals surface area (Å²) in [6.07, 6.45) is 10.6. The standard InChI is InChI=1S/C23H34O4/c1-14(24)27-13-21(26)20-7-6-18-17-5-4-15-12-16(25)8-10-22(15,2)19(17)9-11-23(18,20)3/h4,16-20,25H,5-13H2,1-3H3/t16-,17-,18+,19-,20+,22-,23-/m0/s1. The Morgan fingerprint density at radius 2 is 1.93 bits per heavy atom. The van der Waals surface area contributed by atoms with E-state index in [0.717, 1.165) is 44.9 Å². The second-order valence-electron chi connectivity index (χ2n) is 10.1. The van der Waals surface area contributed by atoms with Gasteiger partial charge >= 0.3 is 5.97 Å². The molecule has 27 heavy (non-hydrogen) atoms. The third-order valence-corrected chi connectivity index (χ3v) is 8.88. The van der Waals surface area contributed by atoms with Crippen molar-refractivity contribution in [1.29, 1.82) is 0 Å². The lowest BCUT2D eigenvalue weighted by Gasteiger charge is -2.57. The van der Waals surface area contributed by atoms with Crippen LogP contribution in [0.3, 0.4) is 0 Å². The lowest BCUT2D eigenvalue weighted by Crippen LogP contribution is -2.51. The first-order valence-corrected chi connectivity index (χ1v) is 10.8. The number of Topliss-reactive ketones (excluding diaryl/α,β-unsaturated/α-hetero) is 1. The molecule has 4 aliphatic rings. The average Bonchev–Trinajstić information content (AvgIpc) is 2.97. The van der Waals surface area contributed by atoms with Crippen LogP contribution < -0.4 is 0 Å². The normalized spacial score (nSPS) is 45.9.